The lowest BCUT2D eigenvalue weighted by Gasteiger charge is -2.23. The molecule has 7 heteroatoms. The average molecular weight is 359 g/mol. The third-order valence-electron chi connectivity index (χ3n) is 4.63. The minimum atomic E-state index is -0.182. The topological polar surface area (TPSA) is 76.8 Å². The van der Waals surface area contributed by atoms with Crippen LogP contribution < -0.4 is 14.8 Å². The van der Waals surface area contributed by atoms with E-state index in [1.165, 1.54) is 0 Å². The lowest BCUT2D eigenvalue weighted by molar-refractivity contribution is 0.195. The first-order valence-corrected chi connectivity index (χ1v) is 8.79. The fraction of sp³-hybridized carbons (Fsp3) is 0.474. The maximum Gasteiger partial charge on any atom is 0.322 e. The van der Waals surface area contributed by atoms with Crippen LogP contribution in [-0.2, 0) is 0 Å². The van der Waals surface area contributed by atoms with E-state index >= 15 is 0 Å². The molecule has 0 saturated carbocycles. The first kappa shape index (κ1) is 18.1. The summed E-state index contributed by atoms with van der Waals surface area (Å²) in [6.07, 6.45) is 1.79. The molecule has 1 aromatic carbocycles. The highest BCUT2D eigenvalue weighted by Crippen LogP contribution is 2.35. The summed E-state index contributed by atoms with van der Waals surface area (Å²) < 4.78 is 16.0. The fourth-order valence-corrected chi connectivity index (χ4v) is 3.13. The summed E-state index contributed by atoms with van der Waals surface area (Å²) in [5.74, 6) is 2.25. The van der Waals surface area contributed by atoms with Gasteiger partial charge in [-0.15, -0.1) is 0 Å². The molecular weight excluding hydrogens is 334 g/mol. The second-order valence-corrected chi connectivity index (χ2v) is 6.66. The Bertz CT molecular complexity index is 772. The van der Waals surface area contributed by atoms with Crippen LogP contribution in [0.3, 0.4) is 0 Å². The molecule has 1 fully saturated rings. The number of aromatic nitrogens is 1. The highest BCUT2D eigenvalue weighted by atomic mass is 16.5. The SMILES string of the molecule is COc1ccc(NC(=O)N2CCCC2c2cc(C(C)C)no2)c(OC)c1. The lowest BCUT2D eigenvalue weighted by Crippen LogP contribution is -2.34. The largest absolute Gasteiger partial charge is 0.497 e. The van der Waals surface area contributed by atoms with Crippen molar-refractivity contribution in [2.24, 2.45) is 0 Å². The van der Waals surface area contributed by atoms with Gasteiger partial charge in [-0.3, -0.25) is 0 Å². The number of nitrogens with zero attached hydrogens (tertiary/aromatic N) is 2. The van der Waals surface area contributed by atoms with Crippen molar-refractivity contribution in [3.63, 3.8) is 0 Å². The molecule has 1 atom stereocenters. The van der Waals surface area contributed by atoms with Gasteiger partial charge in [0.25, 0.3) is 0 Å². The fourth-order valence-electron chi connectivity index (χ4n) is 3.13. The Morgan fingerprint density at radius 3 is 2.77 bits per heavy atom. The van der Waals surface area contributed by atoms with E-state index in [2.05, 4.69) is 24.3 Å². The van der Waals surface area contributed by atoms with E-state index in [0.29, 0.717) is 29.6 Å². The molecule has 1 saturated heterocycles. The standard InChI is InChI=1S/C19H25N3O4/c1-12(2)15-11-18(26-21-15)16-6-5-9-22(16)19(23)20-14-8-7-13(24-3)10-17(14)25-4/h7-8,10-12,16H,5-6,9H2,1-4H3,(H,20,23). The van der Waals surface area contributed by atoms with Gasteiger partial charge in [0.15, 0.2) is 5.76 Å². The van der Waals surface area contributed by atoms with Crippen molar-refractivity contribution in [1.82, 2.24) is 10.1 Å². The van der Waals surface area contributed by atoms with Crippen LogP contribution in [0.1, 0.15) is 50.1 Å². The molecule has 140 valence electrons. The van der Waals surface area contributed by atoms with Crippen LogP contribution >= 0.6 is 0 Å². The van der Waals surface area contributed by atoms with Gasteiger partial charge in [-0.25, -0.2) is 4.79 Å². The molecule has 7 nitrogen and oxygen atoms in total. The third-order valence-corrected chi connectivity index (χ3v) is 4.63. The van der Waals surface area contributed by atoms with Crippen molar-refractivity contribution in [2.45, 2.75) is 38.6 Å². The monoisotopic (exact) mass is 359 g/mol. The molecule has 0 bridgehead atoms. The summed E-state index contributed by atoms with van der Waals surface area (Å²) in [7, 11) is 3.15. The zero-order valence-corrected chi connectivity index (χ0v) is 15.6. The first-order chi connectivity index (χ1) is 12.5. The van der Waals surface area contributed by atoms with E-state index in [1.807, 2.05) is 6.07 Å². The van der Waals surface area contributed by atoms with Crippen molar-refractivity contribution < 1.29 is 18.8 Å². The Morgan fingerprint density at radius 1 is 1.31 bits per heavy atom. The summed E-state index contributed by atoms with van der Waals surface area (Å²) in [6.45, 7) is 4.81. The predicted molar refractivity (Wildman–Crippen MR) is 97.8 cm³/mol. The van der Waals surface area contributed by atoms with Gasteiger partial charge in [0, 0.05) is 18.7 Å². The van der Waals surface area contributed by atoms with Crippen LogP contribution in [0, 0.1) is 0 Å². The number of benzene rings is 1. The maximum atomic E-state index is 12.8. The molecule has 1 aliphatic rings. The number of rotatable bonds is 5. The molecule has 3 rings (SSSR count). The van der Waals surface area contributed by atoms with Crippen molar-refractivity contribution in [2.75, 3.05) is 26.1 Å². The third kappa shape index (κ3) is 3.61. The molecule has 1 N–H and O–H groups in total. The number of carbonyl (C=O) groups is 1. The van der Waals surface area contributed by atoms with E-state index in [1.54, 1.807) is 37.3 Å². The second kappa shape index (κ2) is 7.68. The van der Waals surface area contributed by atoms with E-state index < -0.39 is 0 Å². The van der Waals surface area contributed by atoms with E-state index in [-0.39, 0.29) is 12.1 Å². The lowest BCUT2D eigenvalue weighted by atomic mass is 10.1. The van der Waals surface area contributed by atoms with Crippen LogP contribution in [0.2, 0.25) is 0 Å². The Labute approximate surface area is 153 Å². The van der Waals surface area contributed by atoms with Gasteiger partial charge in [-0.1, -0.05) is 19.0 Å². The van der Waals surface area contributed by atoms with Crippen molar-refractivity contribution >= 4 is 11.7 Å². The summed E-state index contributed by atoms with van der Waals surface area (Å²) >= 11 is 0. The van der Waals surface area contributed by atoms with Crippen LogP contribution in [0.5, 0.6) is 11.5 Å². The molecule has 2 amide bonds. The number of anilines is 1. The van der Waals surface area contributed by atoms with Gasteiger partial charge in [0.1, 0.15) is 11.5 Å². The zero-order valence-electron chi connectivity index (χ0n) is 15.6. The number of ether oxygens (including phenoxy) is 2. The number of carbonyl (C=O) groups excluding carboxylic acids is 1. The molecule has 0 spiro atoms. The van der Waals surface area contributed by atoms with Crippen molar-refractivity contribution in [1.29, 1.82) is 0 Å². The van der Waals surface area contributed by atoms with Crippen LogP contribution in [0.25, 0.3) is 0 Å². The van der Waals surface area contributed by atoms with Gasteiger partial charge in [0.2, 0.25) is 0 Å². The molecule has 0 aliphatic carbocycles. The number of hydrogen-bond acceptors (Lipinski definition) is 5. The van der Waals surface area contributed by atoms with Gasteiger partial charge >= 0.3 is 6.03 Å². The Kier molecular flexibility index (Phi) is 5.35. The molecule has 2 aromatic rings. The highest BCUT2D eigenvalue weighted by molar-refractivity contribution is 5.91. The van der Waals surface area contributed by atoms with Crippen molar-refractivity contribution in [3.05, 3.63) is 35.7 Å². The molecule has 26 heavy (non-hydrogen) atoms. The Morgan fingerprint density at radius 2 is 2.12 bits per heavy atom. The Balaban J connectivity index is 1.76. The van der Waals surface area contributed by atoms with E-state index in [0.717, 1.165) is 24.3 Å². The minimum Gasteiger partial charge on any atom is -0.497 e. The smallest absolute Gasteiger partial charge is 0.322 e. The number of amides is 2. The summed E-state index contributed by atoms with van der Waals surface area (Å²) in [4.78, 5) is 14.6. The van der Waals surface area contributed by atoms with Gasteiger partial charge in [-0.2, -0.15) is 0 Å². The zero-order chi connectivity index (χ0) is 18.7. The van der Waals surface area contributed by atoms with Gasteiger partial charge in [-0.05, 0) is 30.9 Å². The molecule has 0 radical (unpaired) electrons. The van der Waals surface area contributed by atoms with Crippen molar-refractivity contribution in [3.8, 4) is 11.5 Å². The molecular formula is C19H25N3O4. The first-order valence-electron chi connectivity index (χ1n) is 8.79. The predicted octanol–water partition coefficient (Wildman–Crippen LogP) is 4.18. The molecule has 1 aliphatic heterocycles. The van der Waals surface area contributed by atoms with E-state index in [4.69, 9.17) is 14.0 Å². The number of hydrogen-bond donors (Lipinski definition) is 1. The number of methoxy groups -OCH3 is 2. The summed E-state index contributed by atoms with van der Waals surface area (Å²) in [5.41, 5.74) is 1.51. The minimum absolute atomic E-state index is 0.0979. The number of likely N-dealkylation sites (tertiary alicyclic amines) is 1. The molecule has 1 unspecified atom stereocenters. The molecule has 2 heterocycles. The maximum absolute atomic E-state index is 12.8. The summed E-state index contributed by atoms with van der Waals surface area (Å²) in [6, 6.07) is 6.96. The summed E-state index contributed by atoms with van der Waals surface area (Å²) in [5, 5.41) is 7.05. The quantitative estimate of drug-likeness (QED) is 0.866. The normalized spacial score (nSPS) is 16.8. The van der Waals surface area contributed by atoms with E-state index in [9.17, 15) is 4.79 Å². The van der Waals surface area contributed by atoms with Crippen LogP contribution in [-0.4, -0.2) is 36.9 Å². The highest BCUT2D eigenvalue weighted by Gasteiger charge is 2.33. The molecule has 1 aromatic heterocycles. The number of urea groups is 1. The number of nitrogens with one attached hydrogen (secondary N) is 1. The Hall–Kier alpha value is -2.70. The van der Waals surface area contributed by atoms with Crippen LogP contribution in [0.4, 0.5) is 10.5 Å². The van der Waals surface area contributed by atoms with Gasteiger partial charge in [0.05, 0.1) is 31.6 Å². The van der Waals surface area contributed by atoms with Gasteiger partial charge < -0.3 is 24.2 Å². The average Bonchev–Trinajstić information content (AvgIpc) is 3.30. The second-order valence-electron chi connectivity index (χ2n) is 6.66. The van der Waals surface area contributed by atoms with Crippen LogP contribution in [0.15, 0.2) is 28.8 Å².